The zero-order valence-electron chi connectivity index (χ0n) is 11.2. The van der Waals surface area contributed by atoms with Crippen molar-refractivity contribution in [2.24, 2.45) is 11.8 Å². The van der Waals surface area contributed by atoms with E-state index in [0.29, 0.717) is 6.42 Å². The number of hydrogen-bond acceptors (Lipinski definition) is 2. The third kappa shape index (κ3) is 6.14. The molecule has 5 heteroatoms. The first-order valence-electron chi connectivity index (χ1n) is 6.15. The number of hydrogen-bond donors (Lipinski definition) is 3. The average Bonchev–Trinajstić information content (AvgIpc) is 2.27. The van der Waals surface area contributed by atoms with Gasteiger partial charge in [-0.2, -0.15) is 0 Å². The molecular formula is C13H22N2O3. The van der Waals surface area contributed by atoms with Crippen molar-refractivity contribution in [3.05, 3.63) is 0 Å². The van der Waals surface area contributed by atoms with Crippen LogP contribution in [0, 0.1) is 24.2 Å². The van der Waals surface area contributed by atoms with Crippen molar-refractivity contribution >= 4 is 12.0 Å². The zero-order valence-corrected chi connectivity index (χ0v) is 11.2. The van der Waals surface area contributed by atoms with Gasteiger partial charge in [0.05, 0.1) is 12.0 Å². The second-order valence-corrected chi connectivity index (χ2v) is 4.55. The number of amides is 2. The molecule has 0 heterocycles. The Morgan fingerprint density at radius 2 is 2.00 bits per heavy atom. The normalized spacial score (nSPS) is 13.5. The molecule has 0 aliphatic heterocycles. The van der Waals surface area contributed by atoms with E-state index in [2.05, 4.69) is 16.6 Å². The molecule has 5 nitrogen and oxygen atoms in total. The summed E-state index contributed by atoms with van der Waals surface area (Å²) in [6, 6.07) is -0.726. The van der Waals surface area contributed by atoms with E-state index in [1.165, 1.54) is 0 Å². The minimum atomic E-state index is -0.910. The molecule has 18 heavy (non-hydrogen) atoms. The highest BCUT2D eigenvalue weighted by Crippen LogP contribution is 2.09. The van der Waals surface area contributed by atoms with Gasteiger partial charge in [-0.25, -0.2) is 4.79 Å². The van der Waals surface area contributed by atoms with Gasteiger partial charge in [0.2, 0.25) is 0 Å². The summed E-state index contributed by atoms with van der Waals surface area (Å²) in [6.45, 7) is 5.69. The summed E-state index contributed by atoms with van der Waals surface area (Å²) in [5.41, 5.74) is 0. The molecule has 3 N–H and O–H groups in total. The highest BCUT2D eigenvalue weighted by atomic mass is 16.4. The first kappa shape index (κ1) is 16.3. The Bertz CT molecular complexity index is 321. The number of carbonyl (C=O) groups is 2. The van der Waals surface area contributed by atoms with Crippen molar-refractivity contribution in [2.75, 3.05) is 6.54 Å². The highest BCUT2D eigenvalue weighted by Gasteiger charge is 2.22. The number of nitrogens with one attached hydrogen (secondary N) is 2. The maximum absolute atomic E-state index is 11.5. The van der Waals surface area contributed by atoms with Crippen LogP contribution in [0.25, 0.3) is 0 Å². The molecule has 0 saturated carbocycles. The number of carbonyl (C=O) groups excluding carboxylic acids is 1. The van der Waals surface area contributed by atoms with Gasteiger partial charge in [-0.1, -0.05) is 33.1 Å². The van der Waals surface area contributed by atoms with E-state index < -0.39 is 17.9 Å². The van der Waals surface area contributed by atoms with Crippen LogP contribution in [0.15, 0.2) is 0 Å². The van der Waals surface area contributed by atoms with E-state index in [0.717, 1.165) is 6.42 Å². The van der Waals surface area contributed by atoms with Crippen LogP contribution in [-0.4, -0.2) is 29.7 Å². The Hall–Kier alpha value is -1.70. The molecule has 0 fully saturated rings. The molecule has 0 aliphatic rings. The van der Waals surface area contributed by atoms with Crippen molar-refractivity contribution in [2.45, 2.75) is 39.7 Å². The third-order valence-corrected chi connectivity index (χ3v) is 2.69. The van der Waals surface area contributed by atoms with E-state index in [1.54, 1.807) is 13.8 Å². The van der Waals surface area contributed by atoms with Crippen molar-refractivity contribution in [1.29, 1.82) is 0 Å². The first-order valence-corrected chi connectivity index (χ1v) is 6.15. The van der Waals surface area contributed by atoms with Gasteiger partial charge in [-0.15, -0.1) is 6.42 Å². The first-order chi connectivity index (χ1) is 8.42. The van der Waals surface area contributed by atoms with Crippen LogP contribution in [0.2, 0.25) is 0 Å². The average molecular weight is 254 g/mol. The number of carboxylic acids is 1. The van der Waals surface area contributed by atoms with Gasteiger partial charge < -0.3 is 15.7 Å². The highest BCUT2D eigenvalue weighted by molar-refractivity contribution is 5.76. The fourth-order valence-corrected chi connectivity index (χ4v) is 1.51. The molecule has 102 valence electrons. The standard InChI is InChI=1S/C13H22N2O3/c1-5-7-10(6-2)15-13(18)14-8-11(9(3)4)12(16)17/h2,9-11H,5,7-8H2,1,3-4H3,(H,16,17)(H2,14,15,18). The molecule has 0 spiro atoms. The molecule has 0 saturated heterocycles. The van der Waals surface area contributed by atoms with E-state index in [4.69, 9.17) is 11.5 Å². The van der Waals surface area contributed by atoms with Crippen LogP contribution in [0.5, 0.6) is 0 Å². The van der Waals surface area contributed by atoms with Crippen LogP contribution in [0.3, 0.4) is 0 Å². The molecule has 0 aromatic rings. The Labute approximate surface area is 108 Å². The van der Waals surface area contributed by atoms with Crippen LogP contribution in [-0.2, 0) is 4.79 Å². The maximum Gasteiger partial charge on any atom is 0.315 e. The lowest BCUT2D eigenvalue weighted by Crippen LogP contribution is -2.44. The summed E-state index contributed by atoms with van der Waals surface area (Å²) >= 11 is 0. The van der Waals surface area contributed by atoms with Crippen LogP contribution >= 0.6 is 0 Å². The van der Waals surface area contributed by atoms with E-state index in [9.17, 15) is 9.59 Å². The lowest BCUT2D eigenvalue weighted by molar-refractivity contribution is -0.142. The summed E-state index contributed by atoms with van der Waals surface area (Å²) in [6.07, 6.45) is 6.85. The minimum absolute atomic E-state index is 0.0399. The Morgan fingerprint density at radius 1 is 1.39 bits per heavy atom. The third-order valence-electron chi connectivity index (χ3n) is 2.69. The van der Waals surface area contributed by atoms with Crippen LogP contribution in [0.1, 0.15) is 33.6 Å². The molecule has 0 rings (SSSR count). The number of aliphatic carboxylic acids is 1. The molecule has 2 amide bonds. The van der Waals surface area contributed by atoms with E-state index in [-0.39, 0.29) is 18.5 Å². The van der Waals surface area contributed by atoms with Gasteiger partial charge in [-0.3, -0.25) is 4.79 Å². The largest absolute Gasteiger partial charge is 0.481 e. The van der Waals surface area contributed by atoms with Gasteiger partial charge in [0.15, 0.2) is 0 Å². The Balaban J connectivity index is 4.17. The molecular weight excluding hydrogens is 232 g/mol. The van der Waals surface area contributed by atoms with Crippen molar-refractivity contribution in [1.82, 2.24) is 10.6 Å². The lowest BCUT2D eigenvalue weighted by atomic mass is 9.96. The summed E-state index contributed by atoms with van der Waals surface area (Å²) in [7, 11) is 0. The molecule has 0 aromatic heterocycles. The smallest absolute Gasteiger partial charge is 0.315 e. The fourth-order valence-electron chi connectivity index (χ4n) is 1.51. The van der Waals surface area contributed by atoms with Gasteiger partial charge in [0.1, 0.15) is 0 Å². The predicted molar refractivity (Wildman–Crippen MR) is 70.0 cm³/mol. The molecule has 2 unspecified atom stereocenters. The van der Waals surface area contributed by atoms with E-state index in [1.807, 2.05) is 6.92 Å². The Kier molecular flexibility index (Phi) is 7.61. The second-order valence-electron chi connectivity index (χ2n) is 4.55. The summed E-state index contributed by atoms with van der Waals surface area (Å²) in [5, 5.41) is 14.1. The number of carboxylic acid groups (broad SMARTS) is 1. The number of terminal acetylenes is 1. The zero-order chi connectivity index (χ0) is 14.1. The molecule has 2 atom stereocenters. The van der Waals surface area contributed by atoms with Crippen molar-refractivity contribution in [3.8, 4) is 12.3 Å². The van der Waals surface area contributed by atoms with Crippen molar-refractivity contribution < 1.29 is 14.7 Å². The topological polar surface area (TPSA) is 78.4 Å². The SMILES string of the molecule is C#CC(CCC)NC(=O)NCC(C(=O)O)C(C)C. The minimum Gasteiger partial charge on any atom is -0.481 e. The second kappa shape index (κ2) is 8.40. The molecule has 0 aromatic carbocycles. The molecule has 0 bridgehead atoms. The lowest BCUT2D eigenvalue weighted by Gasteiger charge is -2.18. The molecule has 0 radical (unpaired) electrons. The maximum atomic E-state index is 11.5. The summed E-state index contributed by atoms with van der Waals surface area (Å²) in [4.78, 5) is 22.5. The molecule has 0 aliphatic carbocycles. The quantitative estimate of drug-likeness (QED) is 0.602. The van der Waals surface area contributed by atoms with Crippen molar-refractivity contribution in [3.63, 3.8) is 0 Å². The number of rotatable bonds is 7. The van der Waals surface area contributed by atoms with Crippen LogP contribution < -0.4 is 10.6 Å². The summed E-state index contributed by atoms with van der Waals surface area (Å²) < 4.78 is 0. The predicted octanol–water partition coefficient (Wildman–Crippen LogP) is 1.44. The number of urea groups is 1. The van der Waals surface area contributed by atoms with Gasteiger partial charge >= 0.3 is 12.0 Å². The van der Waals surface area contributed by atoms with E-state index >= 15 is 0 Å². The fraction of sp³-hybridized carbons (Fsp3) is 0.692. The monoisotopic (exact) mass is 254 g/mol. The Morgan fingerprint density at radius 3 is 2.39 bits per heavy atom. The van der Waals surface area contributed by atoms with Gasteiger partial charge in [-0.05, 0) is 12.3 Å². The van der Waals surface area contributed by atoms with Gasteiger partial charge in [0.25, 0.3) is 0 Å². The van der Waals surface area contributed by atoms with Crippen LogP contribution in [0.4, 0.5) is 4.79 Å². The van der Waals surface area contributed by atoms with Gasteiger partial charge in [0, 0.05) is 6.54 Å². The summed E-state index contributed by atoms with van der Waals surface area (Å²) in [5.74, 6) is 0.938.